The Labute approximate surface area is 146 Å². The van der Waals surface area contributed by atoms with Gasteiger partial charge in [0.05, 0.1) is 14.2 Å². The summed E-state index contributed by atoms with van der Waals surface area (Å²) in [5.41, 5.74) is 0. The van der Waals surface area contributed by atoms with E-state index >= 15 is 0 Å². The van der Waals surface area contributed by atoms with Crippen LogP contribution in [0.5, 0.6) is 0 Å². The van der Waals surface area contributed by atoms with E-state index in [4.69, 9.17) is 23.2 Å². The Balaban J connectivity index is 2.01. The first-order chi connectivity index (χ1) is 9.65. The van der Waals surface area contributed by atoms with Crippen molar-refractivity contribution in [3.63, 3.8) is 0 Å². The van der Waals surface area contributed by atoms with Gasteiger partial charge < -0.3 is 0 Å². The lowest BCUT2D eigenvalue weighted by Crippen LogP contribution is -1.88. The number of hydrogen-bond acceptors (Lipinski definition) is 1. The molecule has 0 amide bonds. The average Bonchev–Trinajstić information content (AvgIpc) is 2.77. The van der Waals surface area contributed by atoms with Crippen LogP contribution in [0.15, 0.2) is 9.85 Å². The summed E-state index contributed by atoms with van der Waals surface area (Å²) in [7, 11) is 0. The van der Waals surface area contributed by atoms with Crippen LogP contribution in [0.3, 0.4) is 0 Å². The molecule has 1 aromatic rings. The predicted molar refractivity (Wildman–Crippen MR) is 97.5 cm³/mol. The lowest BCUT2D eigenvalue weighted by molar-refractivity contribution is 0.555. The van der Waals surface area contributed by atoms with Crippen LogP contribution in [0.2, 0.25) is 5.02 Å². The van der Waals surface area contributed by atoms with E-state index < -0.39 is 0 Å². The summed E-state index contributed by atoms with van der Waals surface area (Å²) in [5, 5.41) is 0.899. The van der Waals surface area contributed by atoms with Crippen LogP contribution in [0.4, 0.5) is 0 Å². The molecule has 0 aromatic carbocycles. The number of unbranched alkanes of at least 4 members (excludes halogenated alkanes) is 8. The standard InChI is InChI=1S/C16H25BrCl2S/c1-2-3-4-5-6-7-8-9-10-11-13(18)15-12-14(19)16(17)20-15/h12-13H,2-11H2,1H3. The van der Waals surface area contributed by atoms with E-state index in [1.807, 2.05) is 6.07 Å². The monoisotopic (exact) mass is 398 g/mol. The Hall–Kier alpha value is 0.760. The molecule has 0 aliphatic heterocycles. The first-order valence-corrected chi connectivity index (χ1v) is 10.2. The Bertz CT molecular complexity index is 346. The second kappa shape index (κ2) is 11.3. The predicted octanol–water partition coefficient (Wildman–Crippen LogP) is 8.36. The van der Waals surface area contributed by atoms with Gasteiger partial charge in [-0.15, -0.1) is 22.9 Å². The van der Waals surface area contributed by atoms with Gasteiger partial charge in [0.15, 0.2) is 0 Å². The first-order valence-electron chi connectivity index (χ1n) is 7.74. The topological polar surface area (TPSA) is 0 Å². The number of halogens is 3. The van der Waals surface area contributed by atoms with Crippen molar-refractivity contribution < 1.29 is 0 Å². The molecule has 0 nitrogen and oxygen atoms in total. The second-order valence-electron chi connectivity index (χ2n) is 5.36. The van der Waals surface area contributed by atoms with Crippen LogP contribution in [0, 0.1) is 0 Å². The van der Waals surface area contributed by atoms with Crippen molar-refractivity contribution in [1.82, 2.24) is 0 Å². The minimum absolute atomic E-state index is 0.119. The molecule has 1 rings (SSSR count). The number of hydrogen-bond donors (Lipinski definition) is 0. The van der Waals surface area contributed by atoms with Gasteiger partial charge in [-0.1, -0.05) is 76.3 Å². The third-order valence-corrected chi connectivity index (χ3v) is 6.71. The van der Waals surface area contributed by atoms with Gasteiger partial charge in [0.25, 0.3) is 0 Å². The fourth-order valence-electron chi connectivity index (χ4n) is 2.29. The molecule has 1 unspecified atom stereocenters. The van der Waals surface area contributed by atoms with E-state index in [9.17, 15) is 0 Å². The highest BCUT2D eigenvalue weighted by molar-refractivity contribution is 9.11. The molecule has 0 saturated carbocycles. The van der Waals surface area contributed by atoms with Crippen LogP contribution < -0.4 is 0 Å². The Morgan fingerprint density at radius 3 is 2.10 bits per heavy atom. The lowest BCUT2D eigenvalue weighted by Gasteiger charge is -2.07. The summed E-state index contributed by atoms with van der Waals surface area (Å²) in [6, 6.07) is 1.99. The van der Waals surface area contributed by atoms with Crippen LogP contribution in [0.1, 0.15) is 81.4 Å². The molecule has 0 radical (unpaired) electrons. The molecule has 20 heavy (non-hydrogen) atoms. The summed E-state index contributed by atoms with van der Waals surface area (Å²) >= 11 is 17.5. The largest absolute Gasteiger partial charge is 0.130 e. The van der Waals surface area contributed by atoms with Gasteiger partial charge in [0, 0.05) is 4.88 Å². The maximum Gasteiger partial charge on any atom is 0.0887 e. The second-order valence-corrected chi connectivity index (χ2v) is 8.69. The molecule has 0 N–H and O–H groups in total. The Morgan fingerprint density at radius 2 is 1.60 bits per heavy atom. The van der Waals surface area contributed by atoms with Crippen molar-refractivity contribution in [3.05, 3.63) is 19.8 Å². The van der Waals surface area contributed by atoms with E-state index in [1.165, 1.54) is 62.7 Å². The van der Waals surface area contributed by atoms with Gasteiger partial charge in [0.1, 0.15) is 0 Å². The zero-order valence-corrected chi connectivity index (χ0v) is 16.2. The molecule has 0 bridgehead atoms. The SMILES string of the molecule is CCCCCCCCCCCC(Cl)c1cc(Cl)c(Br)s1. The summed E-state index contributed by atoms with van der Waals surface area (Å²) in [6.07, 6.45) is 13.3. The van der Waals surface area contributed by atoms with Gasteiger partial charge in [-0.05, 0) is 28.4 Å². The Kier molecular flexibility index (Phi) is 10.7. The maximum absolute atomic E-state index is 6.42. The van der Waals surface area contributed by atoms with Gasteiger partial charge in [-0.3, -0.25) is 0 Å². The van der Waals surface area contributed by atoms with Crippen molar-refractivity contribution >= 4 is 50.5 Å². The number of thiophene rings is 1. The molecule has 1 heterocycles. The Morgan fingerprint density at radius 1 is 1.05 bits per heavy atom. The number of alkyl halides is 1. The van der Waals surface area contributed by atoms with E-state index in [0.29, 0.717) is 0 Å². The van der Waals surface area contributed by atoms with Gasteiger partial charge >= 0.3 is 0 Å². The van der Waals surface area contributed by atoms with Crippen molar-refractivity contribution in [2.75, 3.05) is 0 Å². The lowest BCUT2D eigenvalue weighted by atomic mass is 10.1. The van der Waals surface area contributed by atoms with Gasteiger partial charge in [0.2, 0.25) is 0 Å². The summed E-state index contributed by atoms with van der Waals surface area (Å²) in [5.74, 6) is 0. The zero-order chi connectivity index (χ0) is 14.8. The first kappa shape index (κ1) is 18.8. The third-order valence-electron chi connectivity index (χ3n) is 3.53. The molecular weight excluding hydrogens is 375 g/mol. The van der Waals surface area contributed by atoms with E-state index in [1.54, 1.807) is 11.3 Å². The van der Waals surface area contributed by atoms with Crippen LogP contribution in [0.25, 0.3) is 0 Å². The zero-order valence-electron chi connectivity index (χ0n) is 12.3. The van der Waals surface area contributed by atoms with Crippen LogP contribution in [-0.4, -0.2) is 0 Å². The normalized spacial score (nSPS) is 12.8. The maximum atomic E-state index is 6.42. The van der Waals surface area contributed by atoms with Gasteiger partial charge in [-0.25, -0.2) is 0 Å². The van der Waals surface area contributed by atoms with E-state index in [2.05, 4.69) is 22.9 Å². The molecule has 4 heteroatoms. The fraction of sp³-hybridized carbons (Fsp3) is 0.750. The van der Waals surface area contributed by atoms with Crippen LogP contribution >= 0.6 is 50.5 Å². The fourth-order valence-corrected chi connectivity index (χ4v) is 4.40. The molecule has 1 atom stereocenters. The summed E-state index contributed by atoms with van der Waals surface area (Å²) in [6.45, 7) is 2.27. The average molecular weight is 400 g/mol. The molecule has 0 fully saturated rings. The van der Waals surface area contributed by atoms with Gasteiger partial charge in [-0.2, -0.15) is 0 Å². The van der Waals surface area contributed by atoms with E-state index in [-0.39, 0.29) is 5.38 Å². The third kappa shape index (κ3) is 7.68. The van der Waals surface area contributed by atoms with Crippen molar-refractivity contribution in [1.29, 1.82) is 0 Å². The van der Waals surface area contributed by atoms with Crippen molar-refractivity contribution in [3.8, 4) is 0 Å². The molecule has 116 valence electrons. The molecule has 0 aliphatic rings. The highest BCUT2D eigenvalue weighted by Gasteiger charge is 2.13. The smallest absolute Gasteiger partial charge is 0.0887 e. The highest BCUT2D eigenvalue weighted by Crippen LogP contribution is 2.39. The molecule has 0 aliphatic carbocycles. The minimum Gasteiger partial charge on any atom is -0.130 e. The molecule has 1 aromatic heterocycles. The highest BCUT2D eigenvalue weighted by atomic mass is 79.9. The van der Waals surface area contributed by atoms with Crippen LogP contribution in [-0.2, 0) is 0 Å². The number of rotatable bonds is 11. The summed E-state index contributed by atoms with van der Waals surface area (Å²) < 4.78 is 0.992. The molecule has 0 spiro atoms. The molecule has 0 saturated heterocycles. The quantitative estimate of drug-likeness (QED) is 0.259. The summed E-state index contributed by atoms with van der Waals surface area (Å²) in [4.78, 5) is 1.18. The minimum atomic E-state index is 0.119. The van der Waals surface area contributed by atoms with E-state index in [0.717, 1.165) is 15.2 Å². The molecular formula is C16H25BrCl2S. The van der Waals surface area contributed by atoms with Crippen molar-refractivity contribution in [2.24, 2.45) is 0 Å². The van der Waals surface area contributed by atoms with Crippen molar-refractivity contribution in [2.45, 2.75) is 76.5 Å².